The second-order valence-electron chi connectivity index (χ2n) is 6.53. The van der Waals surface area contributed by atoms with Crippen molar-refractivity contribution in [2.24, 2.45) is 0 Å². The molecule has 140 valence electrons. The van der Waals surface area contributed by atoms with Crippen LogP contribution in [0, 0.1) is 13.8 Å². The minimum absolute atomic E-state index is 0.506. The summed E-state index contributed by atoms with van der Waals surface area (Å²) >= 11 is 1.49. The highest BCUT2D eigenvalue weighted by atomic mass is 32.1. The second kappa shape index (κ2) is 6.61. The number of nitrogens with one attached hydrogen (secondary N) is 1. The fourth-order valence-corrected chi connectivity index (χ4v) is 3.69. The van der Waals surface area contributed by atoms with Gasteiger partial charge in [-0.25, -0.2) is 14.4 Å². The van der Waals surface area contributed by atoms with E-state index in [0.29, 0.717) is 18.3 Å². The molecule has 1 aromatic carbocycles. The van der Waals surface area contributed by atoms with E-state index in [0.717, 1.165) is 22.8 Å². The maximum atomic E-state index is 5.91. The van der Waals surface area contributed by atoms with Crippen LogP contribution in [0.25, 0.3) is 11.9 Å². The minimum atomic E-state index is 0.506. The Kier molecular flexibility index (Phi) is 3.94. The number of anilines is 2. The molecule has 1 aliphatic heterocycles. The maximum absolute atomic E-state index is 5.91. The lowest BCUT2D eigenvalue weighted by Gasteiger charge is -2.23. The first-order valence-electron chi connectivity index (χ1n) is 8.78. The molecule has 0 saturated heterocycles. The number of aryl methyl sites for hydroxylation is 2. The smallest absolute Gasteiger partial charge is 0.254 e. The van der Waals surface area contributed by atoms with Gasteiger partial charge in [0.1, 0.15) is 0 Å². The number of benzene rings is 1. The molecular formula is C19H17N7OS. The molecule has 0 saturated carbocycles. The Balaban J connectivity index is 1.28. The zero-order chi connectivity index (χ0) is 19.1. The molecule has 3 aromatic heterocycles. The topological polar surface area (TPSA) is 80.5 Å². The van der Waals surface area contributed by atoms with Gasteiger partial charge in [0.2, 0.25) is 5.95 Å². The largest absolute Gasteiger partial charge is 0.380 e. The number of hydroxylamine groups is 2. The van der Waals surface area contributed by atoms with Gasteiger partial charge in [0.25, 0.3) is 5.78 Å². The van der Waals surface area contributed by atoms with Crippen molar-refractivity contribution in [2.45, 2.75) is 20.4 Å². The predicted octanol–water partition coefficient (Wildman–Crippen LogP) is 3.72. The van der Waals surface area contributed by atoms with E-state index >= 15 is 0 Å². The molecule has 8 nitrogen and oxygen atoms in total. The summed E-state index contributed by atoms with van der Waals surface area (Å²) in [6, 6.07) is 9.64. The van der Waals surface area contributed by atoms with Crippen LogP contribution in [0.1, 0.15) is 21.8 Å². The molecule has 0 radical (unpaired) electrons. The number of fused-ring (bicyclic) bond motifs is 2. The number of nitrogens with zero attached hydrogens (tertiary/aromatic N) is 6. The van der Waals surface area contributed by atoms with Gasteiger partial charge in [0.15, 0.2) is 5.75 Å². The molecule has 5 rings (SSSR count). The summed E-state index contributed by atoms with van der Waals surface area (Å²) in [6.45, 7) is 4.61. The lowest BCUT2D eigenvalue weighted by Crippen LogP contribution is -2.22. The van der Waals surface area contributed by atoms with Crippen LogP contribution in [-0.4, -0.2) is 29.0 Å². The van der Waals surface area contributed by atoms with Crippen LogP contribution in [0.5, 0.6) is 5.75 Å². The maximum Gasteiger partial charge on any atom is 0.254 e. The van der Waals surface area contributed by atoms with Crippen LogP contribution >= 0.6 is 11.5 Å². The molecule has 0 atom stereocenters. The van der Waals surface area contributed by atoms with Gasteiger partial charge in [0.05, 0.1) is 11.4 Å². The van der Waals surface area contributed by atoms with Crippen LogP contribution in [0.15, 0.2) is 42.7 Å². The molecule has 0 fully saturated rings. The van der Waals surface area contributed by atoms with Crippen LogP contribution in [0.4, 0.5) is 11.6 Å². The lowest BCUT2D eigenvalue weighted by atomic mass is 10.2. The Morgan fingerprint density at radius 1 is 1.14 bits per heavy atom. The van der Waals surface area contributed by atoms with Crippen molar-refractivity contribution in [2.75, 3.05) is 5.32 Å². The second-order valence-corrected chi connectivity index (χ2v) is 7.37. The monoisotopic (exact) mass is 391 g/mol. The predicted molar refractivity (Wildman–Crippen MR) is 107 cm³/mol. The van der Waals surface area contributed by atoms with Gasteiger partial charge >= 0.3 is 0 Å². The summed E-state index contributed by atoms with van der Waals surface area (Å²) < 4.78 is 5.93. The standard InChI is InChI=1S/C19H17N7OS/c1-12-9-13(2)26-19(21-12)23-18(24-26)22-15-3-5-16(6-4-15)27-25-8-7-17-14(11-25)10-20-28-17/h3-10H,11H2,1-2H3,(H,22,24). The molecule has 0 spiro atoms. The van der Waals surface area contributed by atoms with E-state index < -0.39 is 0 Å². The Morgan fingerprint density at radius 3 is 2.86 bits per heavy atom. The normalized spacial score (nSPS) is 13.0. The zero-order valence-electron chi connectivity index (χ0n) is 15.3. The van der Waals surface area contributed by atoms with Crippen molar-refractivity contribution in [3.05, 3.63) is 64.6 Å². The average molecular weight is 391 g/mol. The van der Waals surface area contributed by atoms with Gasteiger partial charge in [-0.2, -0.15) is 9.50 Å². The average Bonchev–Trinajstić information content (AvgIpc) is 3.29. The molecule has 0 aliphatic carbocycles. The number of hydrogen-bond acceptors (Lipinski definition) is 8. The lowest BCUT2D eigenvalue weighted by molar-refractivity contribution is -0.0160. The third kappa shape index (κ3) is 3.16. The van der Waals surface area contributed by atoms with Crippen molar-refractivity contribution < 1.29 is 4.84 Å². The van der Waals surface area contributed by atoms with Gasteiger partial charge in [-0.15, -0.1) is 5.10 Å². The summed E-state index contributed by atoms with van der Waals surface area (Å²) in [5.41, 5.74) is 3.95. The van der Waals surface area contributed by atoms with E-state index in [4.69, 9.17) is 4.84 Å². The third-order valence-corrected chi connectivity index (χ3v) is 5.15. The van der Waals surface area contributed by atoms with Crippen molar-refractivity contribution in [3.63, 3.8) is 0 Å². The molecule has 28 heavy (non-hydrogen) atoms. The van der Waals surface area contributed by atoms with Crippen molar-refractivity contribution in [3.8, 4) is 5.75 Å². The van der Waals surface area contributed by atoms with E-state index in [1.54, 1.807) is 9.58 Å². The Bertz CT molecular complexity index is 1180. The van der Waals surface area contributed by atoms with Gasteiger partial charge in [0, 0.05) is 35.0 Å². The van der Waals surface area contributed by atoms with Crippen molar-refractivity contribution >= 4 is 35.0 Å². The molecule has 4 heterocycles. The highest BCUT2D eigenvalue weighted by Gasteiger charge is 2.14. The first-order valence-corrected chi connectivity index (χ1v) is 9.56. The molecule has 1 N–H and O–H groups in total. The Morgan fingerprint density at radius 2 is 2.00 bits per heavy atom. The van der Waals surface area contributed by atoms with Crippen LogP contribution in [0.2, 0.25) is 0 Å². The fraction of sp³-hybridized carbons (Fsp3) is 0.158. The molecule has 1 aliphatic rings. The summed E-state index contributed by atoms with van der Waals surface area (Å²) in [5.74, 6) is 1.84. The summed E-state index contributed by atoms with van der Waals surface area (Å²) in [4.78, 5) is 15.9. The van der Waals surface area contributed by atoms with E-state index in [2.05, 4.69) is 24.8 Å². The van der Waals surface area contributed by atoms with Crippen LogP contribution in [-0.2, 0) is 6.54 Å². The first kappa shape index (κ1) is 16.7. The molecule has 0 bridgehead atoms. The van der Waals surface area contributed by atoms with E-state index in [1.165, 1.54) is 22.0 Å². The number of aromatic nitrogens is 5. The van der Waals surface area contributed by atoms with E-state index in [-0.39, 0.29) is 0 Å². The van der Waals surface area contributed by atoms with E-state index in [9.17, 15) is 0 Å². The molecular weight excluding hydrogens is 374 g/mol. The Labute approximate surface area is 165 Å². The van der Waals surface area contributed by atoms with E-state index in [1.807, 2.05) is 62.7 Å². The minimum Gasteiger partial charge on any atom is -0.380 e. The number of hydrogen-bond donors (Lipinski definition) is 1. The SMILES string of the molecule is Cc1cc(C)n2nc(Nc3ccc(ON4C=Cc5sncc5C4)cc3)nc2n1. The third-order valence-electron chi connectivity index (χ3n) is 4.35. The first-order chi connectivity index (χ1) is 13.6. The molecule has 0 amide bonds. The molecule has 0 unspecified atom stereocenters. The summed E-state index contributed by atoms with van der Waals surface area (Å²) in [7, 11) is 0. The highest BCUT2D eigenvalue weighted by Crippen LogP contribution is 2.25. The zero-order valence-corrected chi connectivity index (χ0v) is 16.1. The molecule has 9 heteroatoms. The van der Waals surface area contributed by atoms with Crippen LogP contribution in [0.3, 0.4) is 0 Å². The Hall–Kier alpha value is -3.46. The van der Waals surface area contributed by atoms with Gasteiger partial charge < -0.3 is 10.2 Å². The van der Waals surface area contributed by atoms with Crippen molar-refractivity contribution in [1.29, 1.82) is 0 Å². The van der Waals surface area contributed by atoms with Gasteiger partial charge in [-0.1, -0.05) is 0 Å². The summed E-state index contributed by atoms with van der Waals surface area (Å²) in [5, 5.41) is 9.46. The van der Waals surface area contributed by atoms with Gasteiger partial charge in [-0.05, 0) is 61.8 Å². The van der Waals surface area contributed by atoms with Crippen LogP contribution < -0.4 is 10.2 Å². The van der Waals surface area contributed by atoms with Gasteiger partial charge in [-0.3, -0.25) is 0 Å². The van der Waals surface area contributed by atoms with Crippen molar-refractivity contribution in [1.82, 2.24) is 29.0 Å². The molecule has 4 aromatic rings. The summed E-state index contributed by atoms with van der Waals surface area (Å²) in [6.07, 6.45) is 5.82. The fourth-order valence-electron chi connectivity index (χ4n) is 3.04. The highest BCUT2D eigenvalue weighted by molar-refractivity contribution is 7.06. The number of rotatable bonds is 4. The quantitative estimate of drug-likeness (QED) is 0.568.